The van der Waals surface area contributed by atoms with Crippen LogP contribution in [0.1, 0.15) is 5.56 Å². The Labute approximate surface area is 130 Å². The lowest BCUT2D eigenvalue weighted by Crippen LogP contribution is -2.44. The summed E-state index contributed by atoms with van der Waals surface area (Å²) >= 11 is 0. The van der Waals surface area contributed by atoms with E-state index in [2.05, 4.69) is 4.90 Å². The lowest BCUT2D eigenvalue weighted by molar-refractivity contribution is 0.0727. The summed E-state index contributed by atoms with van der Waals surface area (Å²) in [4.78, 5) is 2.22. The van der Waals surface area contributed by atoms with Gasteiger partial charge in [0.1, 0.15) is 5.82 Å². The number of sulfonamides is 1. The summed E-state index contributed by atoms with van der Waals surface area (Å²) in [5.41, 5.74) is 0.570. The predicted octanol–water partition coefficient (Wildman–Crippen LogP) is 1.09. The van der Waals surface area contributed by atoms with Crippen LogP contribution in [0.15, 0.2) is 23.1 Å². The van der Waals surface area contributed by atoms with Crippen LogP contribution in [0.4, 0.5) is 4.39 Å². The number of ether oxygens (including phenoxy) is 1. The lowest BCUT2D eigenvalue weighted by atomic mass is 10.1. The average Bonchev–Trinajstić information content (AvgIpc) is 2.70. The molecular formula is C15H21FN2O3S. The van der Waals surface area contributed by atoms with E-state index in [0.29, 0.717) is 31.9 Å². The van der Waals surface area contributed by atoms with Crippen molar-refractivity contribution in [2.45, 2.75) is 17.9 Å². The van der Waals surface area contributed by atoms with Gasteiger partial charge in [0.2, 0.25) is 10.0 Å². The summed E-state index contributed by atoms with van der Waals surface area (Å²) in [5, 5.41) is 0. The third-order valence-electron chi connectivity index (χ3n) is 4.48. The third kappa shape index (κ3) is 2.90. The van der Waals surface area contributed by atoms with Crippen molar-refractivity contribution in [1.29, 1.82) is 0 Å². The predicted molar refractivity (Wildman–Crippen MR) is 80.6 cm³/mol. The molecule has 0 aliphatic carbocycles. The first kappa shape index (κ1) is 15.9. The number of halogens is 1. The normalized spacial score (nSPS) is 27.6. The van der Waals surface area contributed by atoms with E-state index in [4.69, 9.17) is 4.74 Å². The van der Waals surface area contributed by atoms with E-state index in [1.54, 1.807) is 6.92 Å². The highest BCUT2D eigenvalue weighted by molar-refractivity contribution is 7.89. The fourth-order valence-corrected chi connectivity index (χ4v) is 4.98. The Balaban J connectivity index is 1.97. The molecule has 0 aromatic heterocycles. The third-order valence-corrected chi connectivity index (χ3v) is 6.45. The summed E-state index contributed by atoms with van der Waals surface area (Å²) in [6.45, 7) is 4.40. The molecule has 0 unspecified atom stereocenters. The minimum absolute atomic E-state index is 0.0381. The number of aryl methyl sites for hydroxylation is 1. The Hall–Kier alpha value is -1.02. The van der Waals surface area contributed by atoms with Gasteiger partial charge in [-0.3, -0.25) is 4.90 Å². The highest BCUT2D eigenvalue weighted by Crippen LogP contribution is 2.26. The molecular weight excluding hydrogens is 307 g/mol. The van der Waals surface area contributed by atoms with Crippen LogP contribution in [0.3, 0.4) is 0 Å². The Morgan fingerprint density at radius 1 is 1.23 bits per heavy atom. The van der Waals surface area contributed by atoms with Gasteiger partial charge in [0.15, 0.2) is 0 Å². The Kier molecular flexibility index (Phi) is 4.24. The van der Waals surface area contributed by atoms with Gasteiger partial charge in [0.25, 0.3) is 0 Å². The molecule has 0 amide bonds. The van der Waals surface area contributed by atoms with Crippen molar-refractivity contribution in [3.05, 3.63) is 29.6 Å². The largest absolute Gasteiger partial charge is 0.379 e. The molecule has 2 aliphatic heterocycles. The van der Waals surface area contributed by atoms with Gasteiger partial charge in [0.05, 0.1) is 18.1 Å². The van der Waals surface area contributed by atoms with Crippen LogP contribution in [0.2, 0.25) is 0 Å². The van der Waals surface area contributed by atoms with Crippen molar-refractivity contribution < 1.29 is 17.5 Å². The van der Waals surface area contributed by atoms with Crippen LogP contribution in [0.5, 0.6) is 0 Å². The van der Waals surface area contributed by atoms with Crippen LogP contribution in [-0.2, 0) is 14.8 Å². The number of nitrogens with zero attached hydrogens (tertiary/aromatic N) is 2. The van der Waals surface area contributed by atoms with E-state index < -0.39 is 15.8 Å². The van der Waals surface area contributed by atoms with Crippen molar-refractivity contribution >= 4 is 10.0 Å². The van der Waals surface area contributed by atoms with E-state index >= 15 is 0 Å². The molecule has 2 heterocycles. The molecule has 0 N–H and O–H groups in total. The monoisotopic (exact) mass is 328 g/mol. The van der Waals surface area contributed by atoms with Gasteiger partial charge in [-0.25, -0.2) is 12.8 Å². The van der Waals surface area contributed by atoms with Crippen LogP contribution < -0.4 is 0 Å². The van der Waals surface area contributed by atoms with Gasteiger partial charge >= 0.3 is 0 Å². The number of rotatable bonds is 2. The molecule has 7 heteroatoms. The van der Waals surface area contributed by atoms with Crippen LogP contribution in [0.25, 0.3) is 0 Å². The summed E-state index contributed by atoms with van der Waals surface area (Å²) in [5.74, 6) is -0.388. The highest BCUT2D eigenvalue weighted by atomic mass is 32.2. The maximum absolute atomic E-state index is 13.5. The molecule has 2 aliphatic rings. The zero-order valence-electron chi connectivity index (χ0n) is 12.8. The van der Waals surface area contributed by atoms with Gasteiger partial charge in [-0.1, -0.05) is 6.07 Å². The second kappa shape index (κ2) is 5.88. The molecule has 2 fully saturated rings. The number of hydrogen-bond acceptors (Lipinski definition) is 4. The van der Waals surface area contributed by atoms with E-state index in [-0.39, 0.29) is 16.9 Å². The number of likely N-dealkylation sites (N-methyl/N-ethyl adjacent to an activating group) is 1. The number of fused-ring (bicyclic) bond motifs is 3. The van der Waals surface area contributed by atoms with Gasteiger partial charge in [0, 0.05) is 31.6 Å². The maximum atomic E-state index is 13.5. The maximum Gasteiger partial charge on any atom is 0.243 e. The Morgan fingerprint density at radius 3 is 2.77 bits per heavy atom. The van der Waals surface area contributed by atoms with Gasteiger partial charge in [-0.15, -0.1) is 0 Å². The minimum Gasteiger partial charge on any atom is -0.379 e. The van der Waals surface area contributed by atoms with Crippen molar-refractivity contribution in [3.63, 3.8) is 0 Å². The SMILES string of the molecule is Cc1ccc(F)cc1S(=O)(=O)N1C[C@@H]2COC[C@H](C1)N(C)C2. The van der Waals surface area contributed by atoms with Crippen molar-refractivity contribution in [2.24, 2.45) is 5.92 Å². The molecule has 5 nitrogen and oxygen atoms in total. The quantitative estimate of drug-likeness (QED) is 0.815. The molecule has 0 spiro atoms. The van der Waals surface area contributed by atoms with E-state index in [0.717, 1.165) is 12.6 Å². The molecule has 0 saturated carbocycles. The van der Waals surface area contributed by atoms with Gasteiger partial charge < -0.3 is 4.74 Å². The molecule has 2 saturated heterocycles. The lowest BCUT2D eigenvalue weighted by Gasteiger charge is -2.29. The number of hydrogen-bond donors (Lipinski definition) is 0. The molecule has 1 aromatic rings. The molecule has 2 bridgehead atoms. The van der Waals surface area contributed by atoms with Gasteiger partial charge in [-0.05, 0) is 31.7 Å². The Morgan fingerprint density at radius 2 is 2.00 bits per heavy atom. The first-order valence-electron chi connectivity index (χ1n) is 7.42. The summed E-state index contributed by atoms with van der Waals surface area (Å²) in [6, 6.07) is 3.95. The van der Waals surface area contributed by atoms with E-state index in [9.17, 15) is 12.8 Å². The van der Waals surface area contributed by atoms with E-state index in [1.165, 1.54) is 16.4 Å². The van der Waals surface area contributed by atoms with Crippen molar-refractivity contribution in [2.75, 3.05) is 39.9 Å². The van der Waals surface area contributed by atoms with Crippen LogP contribution >= 0.6 is 0 Å². The molecule has 22 heavy (non-hydrogen) atoms. The standard InChI is InChI=1S/C15H21FN2O3S/c1-11-3-4-13(16)5-15(11)22(19,20)18-7-12-6-17(2)14(8-18)10-21-9-12/h3-5,12,14H,6-10H2,1-2H3/t12-,14+/m1/s1. The second-order valence-corrected chi connectivity index (χ2v) is 8.14. The highest BCUT2D eigenvalue weighted by Gasteiger charge is 2.37. The first-order valence-corrected chi connectivity index (χ1v) is 8.86. The first-order chi connectivity index (χ1) is 10.4. The topological polar surface area (TPSA) is 49.9 Å². The smallest absolute Gasteiger partial charge is 0.243 e. The average molecular weight is 328 g/mol. The zero-order valence-corrected chi connectivity index (χ0v) is 13.6. The second-order valence-electron chi connectivity index (χ2n) is 6.23. The zero-order chi connectivity index (χ0) is 15.9. The molecule has 0 radical (unpaired) electrons. The molecule has 122 valence electrons. The van der Waals surface area contributed by atoms with Crippen LogP contribution in [-0.4, -0.2) is 63.6 Å². The Bertz CT molecular complexity index is 665. The summed E-state index contributed by atoms with van der Waals surface area (Å²) < 4.78 is 46.5. The van der Waals surface area contributed by atoms with Crippen LogP contribution in [0, 0.1) is 18.7 Å². The molecule has 1 aromatic carbocycles. The molecule has 2 atom stereocenters. The fraction of sp³-hybridized carbons (Fsp3) is 0.600. The van der Waals surface area contributed by atoms with Gasteiger partial charge in [-0.2, -0.15) is 4.31 Å². The summed E-state index contributed by atoms with van der Waals surface area (Å²) in [7, 11) is -1.70. The summed E-state index contributed by atoms with van der Waals surface area (Å²) in [6.07, 6.45) is 0. The number of benzene rings is 1. The molecule has 3 rings (SSSR count). The van der Waals surface area contributed by atoms with Crippen molar-refractivity contribution in [1.82, 2.24) is 9.21 Å². The van der Waals surface area contributed by atoms with E-state index in [1.807, 2.05) is 7.05 Å². The van der Waals surface area contributed by atoms with Crippen molar-refractivity contribution in [3.8, 4) is 0 Å². The fourth-order valence-electron chi connectivity index (χ4n) is 3.19. The minimum atomic E-state index is -3.69.